The van der Waals surface area contributed by atoms with Gasteiger partial charge in [-0.05, 0) is 51.2 Å². The van der Waals surface area contributed by atoms with Crippen LogP contribution in [0.25, 0.3) is 0 Å². The number of nitrogens with two attached hydrogens (primary N) is 1. The summed E-state index contributed by atoms with van der Waals surface area (Å²) in [5.41, 5.74) is 7.52. The smallest absolute Gasteiger partial charge is 0.227 e. The van der Waals surface area contributed by atoms with E-state index in [9.17, 15) is 4.79 Å². The summed E-state index contributed by atoms with van der Waals surface area (Å²) in [5.74, 6) is 0.0662. The zero-order valence-corrected chi connectivity index (χ0v) is 12.1. The Bertz CT molecular complexity index is 404. The lowest BCUT2D eigenvalue weighted by atomic mass is 10.0. The van der Waals surface area contributed by atoms with Gasteiger partial charge in [-0.3, -0.25) is 4.79 Å². The summed E-state index contributed by atoms with van der Waals surface area (Å²) in [5, 5.41) is 2.97. The van der Waals surface area contributed by atoms with E-state index in [1.807, 2.05) is 39.2 Å². The van der Waals surface area contributed by atoms with Crippen LogP contribution in [0.2, 0.25) is 0 Å². The molecule has 0 radical (unpaired) electrons. The Kier molecular flexibility index (Phi) is 6.53. The predicted octanol–water partition coefficient (Wildman–Crippen LogP) is 2.06. The highest BCUT2D eigenvalue weighted by molar-refractivity contribution is 5.92. The summed E-state index contributed by atoms with van der Waals surface area (Å²) in [7, 11) is 4.06. The van der Waals surface area contributed by atoms with Crippen LogP contribution in [0.5, 0.6) is 0 Å². The van der Waals surface area contributed by atoms with Crippen LogP contribution >= 0.6 is 0 Å². The maximum Gasteiger partial charge on any atom is 0.227 e. The third-order valence-electron chi connectivity index (χ3n) is 2.98. The molecular formula is C15H25N3O. The third-order valence-corrected chi connectivity index (χ3v) is 2.98. The normalized spacial score (nSPS) is 12.5. The second-order valence-corrected chi connectivity index (χ2v) is 5.26. The lowest BCUT2D eigenvalue weighted by Gasteiger charge is -2.14. The molecule has 0 aromatic heterocycles. The molecule has 0 spiro atoms. The maximum atomic E-state index is 12.0. The standard InChI is InChI=1S/C15H25N3O/c1-12(6-5-9-16)15(19)17-14-8-4-7-13(10-14)11-18(2)3/h4,7-8,10,12H,5-6,9,11,16H2,1-3H3,(H,17,19). The van der Waals surface area contributed by atoms with Gasteiger partial charge in [0.15, 0.2) is 0 Å². The first kappa shape index (κ1) is 15.7. The predicted molar refractivity (Wildman–Crippen MR) is 79.9 cm³/mol. The van der Waals surface area contributed by atoms with Crippen molar-refractivity contribution in [2.75, 3.05) is 26.0 Å². The van der Waals surface area contributed by atoms with E-state index in [1.165, 1.54) is 5.56 Å². The largest absolute Gasteiger partial charge is 0.330 e. The zero-order valence-electron chi connectivity index (χ0n) is 12.1. The van der Waals surface area contributed by atoms with Gasteiger partial charge in [-0.25, -0.2) is 0 Å². The van der Waals surface area contributed by atoms with Gasteiger partial charge in [-0.15, -0.1) is 0 Å². The highest BCUT2D eigenvalue weighted by atomic mass is 16.1. The molecule has 0 saturated heterocycles. The first-order valence-electron chi connectivity index (χ1n) is 6.77. The topological polar surface area (TPSA) is 58.4 Å². The Hall–Kier alpha value is -1.39. The van der Waals surface area contributed by atoms with Crippen molar-refractivity contribution >= 4 is 11.6 Å². The first-order chi connectivity index (χ1) is 9.02. The molecule has 1 rings (SSSR count). The first-order valence-corrected chi connectivity index (χ1v) is 6.77. The molecule has 4 nitrogen and oxygen atoms in total. The molecule has 0 saturated carbocycles. The Morgan fingerprint density at radius 1 is 1.42 bits per heavy atom. The SMILES string of the molecule is CC(CCCN)C(=O)Nc1cccc(CN(C)C)c1. The summed E-state index contributed by atoms with van der Waals surface area (Å²) in [4.78, 5) is 14.1. The number of hydrogen-bond donors (Lipinski definition) is 2. The molecule has 1 unspecified atom stereocenters. The minimum absolute atomic E-state index is 0.000977. The van der Waals surface area contributed by atoms with Gasteiger partial charge in [0.2, 0.25) is 5.91 Å². The molecule has 19 heavy (non-hydrogen) atoms. The van der Waals surface area contributed by atoms with Crippen LogP contribution in [-0.4, -0.2) is 31.4 Å². The van der Waals surface area contributed by atoms with E-state index in [4.69, 9.17) is 5.73 Å². The van der Waals surface area contributed by atoms with Crippen LogP contribution < -0.4 is 11.1 Å². The van der Waals surface area contributed by atoms with Gasteiger partial charge in [0, 0.05) is 18.2 Å². The number of carbonyl (C=O) groups excluding carboxylic acids is 1. The molecule has 1 amide bonds. The molecule has 3 N–H and O–H groups in total. The second-order valence-electron chi connectivity index (χ2n) is 5.26. The summed E-state index contributed by atoms with van der Waals surface area (Å²) in [6, 6.07) is 7.98. The summed E-state index contributed by atoms with van der Waals surface area (Å²) >= 11 is 0. The van der Waals surface area contributed by atoms with Crippen molar-refractivity contribution in [2.45, 2.75) is 26.3 Å². The lowest BCUT2D eigenvalue weighted by Crippen LogP contribution is -2.21. The van der Waals surface area contributed by atoms with Crippen molar-refractivity contribution in [3.63, 3.8) is 0 Å². The zero-order chi connectivity index (χ0) is 14.3. The fraction of sp³-hybridized carbons (Fsp3) is 0.533. The van der Waals surface area contributed by atoms with Crippen LogP contribution in [0.1, 0.15) is 25.3 Å². The Morgan fingerprint density at radius 3 is 2.79 bits per heavy atom. The van der Waals surface area contributed by atoms with Crippen molar-refractivity contribution < 1.29 is 4.79 Å². The van der Waals surface area contributed by atoms with Crippen molar-refractivity contribution in [3.8, 4) is 0 Å². The molecule has 1 atom stereocenters. The molecule has 0 aliphatic rings. The highest BCUT2D eigenvalue weighted by Gasteiger charge is 2.12. The van der Waals surface area contributed by atoms with Gasteiger partial charge in [-0.2, -0.15) is 0 Å². The van der Waals surface area contributed by atoms with Gasteiger partial charge in [0.05, 0.1) is 0 Å². The minimum atomic E-state index is 0.000977. The van der Waals surface area contributed by atoms with E-state index in [2.05, 4.69) is 16.3 Å². The Morgan fingerprint density at radius 2 is 2.16 bits per heavy atom. The van der Waals surface area contributed by atoms with Crippen molar-refractivity contribution in [2.24, 2.45) is 11.7 Å². The van der Waals surface area contributed by atoms with Crippen molar-refractivity contribution in [1.82, 2.24) is 4.90 Å². The number of anilines is 1. The molecule has 0 aliphatic carbocycles. The molecule has 4 heteroatoms. The quantitative estimate of drug-likeness (QED) is 0.791. The van der Waals surface area contributed by atoms with E-state index in [0.717, 1.165) is 25.1 Å². The molecule has 0 bridgehead atoms. The van der Waals surface area contributed by atoms with Gasteiger partial charge >= 0.3 is 0 Å². The molecular weight excluding hydrogens is 238 g/mol. The van der Waals surface area contributed by atoms with E-state index in [0.29, 0.717) is 6.54 Å². The van der Waals surface area contributed by atoms with Gasteiger partial charge in [0.25, 0.3) is 0 Å². The number of rotatable bonds is 7. The second kappa shape index (κ2) is 7.92. The van der Waals surface area contributed by atoms with Crippen LogP contribution in [0.4, 0.5) is 5.69 Å². The minimum Gasteiger partial charge on any atom is -0.330 e. The number of nitrogens with one attached hydrogen (secondary N) is 1. The fourth-order valence-electron chi connectivity index (χ4n) is 1.93. The number of benzene rings is 1. The Labute approximate surface area is 116 Å². The van der Waals surface area contributed by atoms with Gasteiger partial charge in [0.1, 0.15) is 0 Å². The fourth-order valence-corrected chi connectivity index (χ4v) is 1.93. The number of carbonyl (C=O) groups is 1. The van der Waals surface area contributed by atoms with E-state index >= 15 is 0 Å². The van der Waals surface area contributed by atoms with Crippen LogP contribution in [0.15, 0.2) is 24.3 Å². The molecule has 1 aromatic rings. The number of amides is 1. The molecule has 0 heterocycles. The van der Waals surface area contributed by atoms with E-state index in [1.54, 1.807) is 0 Å². The van der Waals surface area contributed by atoms with Gasteiger partial charge in [-0.1, -0.05) is 19.1 Å². The number of nitrogens with zero attached hydrogens (tertiary/aromatic N) is 1. The Balaban J connectivity index is 2.58. The van der Waals surface area contributed by atoms with Crippen LogP contribution in [0, 0.1) is 5.92 Å². The third kappa shape index (κ3) is 5.85. The molecule has 1 aromatic carbocycles. The average Bonchev–Trinajstić information content (AvgIpc) is 2.35. The van der Waals surface area contributed by atoms with E-state index < -0.39 is 0 Å². The summed E-state index contributed by atoms with van der Waals surface area (Å²) in [6.07, 6.45) is 1.72. The van der Waals surface area contributed by atoms with Crippen molar-refractivity contribution in [1.29, 1.82) is 0 Å². The number of hydrogen-bond acceptors (Lipinski definition) is 3. The maximum absolute atomic E-state index is 12.0. The highest BCUT2D eigenvalue weighted by Crippen LogP contribution is 2.14. The summed E-state index contributed by atoms with van der Waals surface area (Å²) < 4.78 is 0. The monoisotopic (exact) mass is 263 g/mol. The molecule has 0 aliphatic heterocycles. The summed E-state index contributed by atoms with van der Waals surface area (Å²) in [6.45, 7) is 3.44. The molecule has 0 fully saturated rings. The lowest BCUT2D eigenvalue weighted by molar-refractivity contribution is -0.119. The van der Waals surface area contributed by atoms with Crippen LogP contribution in [0.3, 0.4) is 0 Å². The van der Waals surface area contributed by atoms with Crippen LogP contribution in [-0.2, 0) is 11.3 Å². The molecule has 106 valence electrons. The van der Waals surface area contributed by atoms with Crippen molar-refractivity contribution in [3.05, 3.63) is 29.8 Å². The average molecular weight is 263 g/mol. The van der Waals surface area contributed by atoms with Gasteiger partial charge < -0.3 is 16.0 Å². The van der Waals surface area contributed by atoms with E-state index in [-0.39, 0.29) is 11.8 Å².